The summed E-state index contributed by atoms with van der Waals surface area (Å²) in [4.78, 5) is 11.0. The van der Waals surface area contributed by atoms with Crippen molar-refractivity contribution in [2.45, 2.75) is 25.7 Å². The standard InChI is InChI=1S/C13H17NO3/c1-10-12(17-9-13(15)14-10)8-16-7-11-5-3-2-4-6-11/h2-6,10,12H,7-9H2,1H3,(H,14,15)/t10-,12+/m0/s1. The molecular formula is C13H17NO3. The minimum absolute atomic E-state index is 0.00650. The maximum Gasteiger partial charge on any atom is 0.246 e. The molecule has 1 saturated heterocycles. The zero-order valence-corrected chi connectivity index (χ0v) is 9.89. The maximum atomic E-state index is 11.0. The first kappa shape index (κ1) is 12.1. The van der Waals surface area contributed by atoms with E-state index in [0.717, 1.165) is 5.56 Å². The lowest BCUT2D eigenvalue weighted by molar-refractivity contribution is -0.140. The molecule has 1 heterocycles. The summed E-state index contributed by atoms with van der Waals surface area (Å²) in [5.74, 6) is -0.0585. The minimum atomic E-state index is -0.0589. The normalized spacial score (nSPS) is 24.4. The van der Waals surface area contributed by atoms with Gasteiger partial charge in [-0.15, -0.1) is 0 Å². The molecule has 0 saturated carbocycles. The first-order valence-electron chi connectivity index (χ1n) is 5.78. The second kappa shape index (κ2) is 5.80. The summed E-state index contributed by atoms with van der Waals surface area (Å²) in [7, 11) is 0. The average Bonchev–Trinajstić information content (AvgIpc) is 2.33. The number of hydrogen-bond acceptors (Lipinski definition) is 3. The van der Waals surface area contributed by atoms with Crippen molar-refractivity contribution in [3.8, 4) is 0 Å². The predicted octanol–water partition coefficient (Wildman–Crippen LogP) is 1.11. The van der Waals surface area contributed by atoms with E-state index in [1.165, 1.54) is 0 Å². The number of rotatable bonds is 4. The Bertz CT molecular complexity index is 366. The van der Waals surface area contributed by atoms with Gasteiger partial charge in [0.25, 0.3) is 0 Å². The molecule has 1 fully saturated rings. The van der Waals surface area contributed by atoms with E-state index in [2.05, 4.69) is 5.32 Å². The highest BCUT2D eigenvalue weighted by atomic mass is 16.5. The Hall–Kier alpha value is -1.39. The fourth-order valence-electron chi connectivity index (χ4n) is 1.78. The molecule has 0 spiro atoms. The van der Waals surface area contributed by atoms with Crippen molar-refractivity contribution >= 4 is 5.91 Å². The monoisotopic (exact) mass is 235 g/mol. The molecule has 2 rings (SSSR count). The van der Waals surface area contributed by atoms with Crippen molar-refractivity contribution < 1.29 is 14.3 Å². The van der Waals surface area contributed by atoms with Gasteiger partial charge < -0.3 is 14.8 Å². The van der Waals surface area contributed by atoms with Crippen LogP contribution in [0.2, 0.25) is 0 Å². The van der Waals surface area contributed by atoms with Crippen LogP contribution < -0.4 is 5.32 Å². The molecule has 0 aromatic heterocycles. The molecule has 1 aromatic rings. The highest BCUT2D eigenvalue weighted by molar-refractivity contribution is 5.78. The molecule has 0 radical (unpaired) electrons. The summed E-state index contributed by atoms with van der Waals surface area (Å²) in [6.45, 7) is 3.12. The summed E-state index contributed by atoms with van der Waals surface area (Å²) in [6.07, 6.45) is -0.0589. The Balaban J connectivity index is 1.73. The molecule has 17 heavy (non-hydrogen) atoms. The molecule has 2 atom stereocenters. The smallest absolute Gasteiger partial charge is 0.246 e. The van der Waals surface area contributed by atoms with Crippen LogP contribution in [-0.4, -0.2) is 31.3 Å². The molecule has 0 unspecified atom stereocenters. The van der Waals surface area contributed by atoms with E-state index < -0.39 is 0 Å². The highest BCUT2D eigenvalue weighted by Gasteiger charge is 2.25. The topological polar surface area (TPSA) is 47.6 Å². The molecule has 0 bridgehead atoms. The number of nitrogens with one attached hydrogen (secondary N) is 1. The number of carbonyl (C=O) groups is 1. The molecule has 92 valence electrons. The van der Waals surface area contributed by atoms with E-state index in [9.17, 15) is 4.79 Å². The van der Waals surface area contributed by atoms with Crippen molar-refractivity contribution in [2.24, 2.45) is 0 Å². The van der Waals surface area contributed by atoms with E-state index in [1.54, 1.807) is 0 Å². The van der Waals surface area contributed by atoms with Crippen molar-refractivity contribution in [3.63, 3.8) is 0 Å². The molecule has 4 nitrogen and oxygen atoms in total. The fraction of sp³-hybridized carbons (Fsp3) is 0.462. The number of hydrogen-bond donors (Lipinski definition) is 1. The van der Waals surface area contributed by atoms with E-state index in [-0.39, 0.29) is 24.7 Å². The van der Waals surface area contributed by atoms with Gasteiger partial charge in [0.05, 0.1) is 19.3 Å². The quantitative estimate of drug-likeness (QED) is 0.850. The Morgan fingerprint density at radius 2 is 2.18 bits per heavy atom. The molecule has 0 aliphatic carbocycles. The SMILES string of the molecule is C[C@@H]1NC(=O)CO[C@@H]1COCc1ccccc1. The molecule has 1 aromatic carbocycles. The molecule has 1 N–H and O–H groups in total. The third-order valence-corrected chi connectivity index (χ3v) is 2.77. The first-order chi connectivity index (χ1) is 8.25. The van der Waals surface area contributed by atoms with Crippen molar-refractivity contribution in [1.29, 1.82) is 0 Å². The summed E-state index contributed by atoms with van der Waals surface area (Å²) < 4.78 is 11.0. The Kier molecular flexibility index (Phi) is 4.12. The van der Waals surface area contributed by atoms with Gasteiger partial charge in [0.1, 0.15) is 12.7 Å². The van der Waals surface area contributed by atoms with Crippen LogP contribution in [0.3, 0.4) is 0 Å². The minimum Gasteiger partial charge on any atom is -0.374 e. The van der Waals surface area contributed by atoms with Gasteiger partial charge >= 0.3 is 0 Å². The van der Waals surface area contributed by atoms with Gasteiger partial charge in [-0.3, -0.25) is 4.79 Å². The first-order valence-corrected chi connectivity index (χ1v) is 5.78. The van der Waals surface area contributed by atoms with Crippen LogP contribution in [0.25, 0.3) is 0 Å². The Labute approximate surface area is 101 Å². The van der Waals surface area contributed by atoms with Gasteiger partial charge in [-0.2, -0.15) is 0 Å². The third-order valence-electron chi connectivity index (χ3n) is 2.77. The van der Waals surface area contributed by atoms with Gasteiger partial charge in [-0.05, 0) is 12.5 Å². The largest absolute Gasteiger partial charge is 0.374 e. The van der Waals surface area contributed by atoms with Crippen LogP contribution in [0.4, 0.5) is 0 Å². The predicted molar refractivity (Wildman–Crippen MR) is 63.4 cm³/mol. The average molecular weight is 235 g/mol. The number of amides is 1. The third kappa shape index (κ3) is 3.54. The summed E-state index contributed by atoms with van der Waals surface area (Å²) in [5.41, 5.74) is 1.14. The van der Waals surface area contributed by atoms with E-state index in [0.29, 0.717) is 13.2 Å². The Morgan fingerprint density at radius 1 is 1.41 bits per heavy atom. The van der Waals surface area contributed by atoms with Crippen LogP contribution in [0.1, 0.15) is 12.5 Å². The lowest BCUT2D eigenvalue weighted by atomic mass is 10.1. The van der Waals surface area contributed by atoms with Crippen LogP contribution in [-0.2, 0) is 20.9 Å². The van der Waals surface area contributed by atoms with E-state index in [1.807, 2.05) is 37.3 Å². The van der Waals surface area contributed by atoms with Gasteiger partial charge in [0, 0.05) is 0 Å². The van der Waals surface area contributed by atoms with Crippen molar-refractivity contribution in [2.75, 3.05) is 13.2 Å². The van der Waals surface area contributed by atoms with Crippen LogP contribution in [0.15, 0.2) is 30.3 Å². The van der Waals surface area contributed by atoms with Gasteiger partial charge in [-0.1, -0.05) is 30.3 Å². The van der Waals surface area contributed by atoms with Crippen LogP contribution in [0, 0.1) is 0 Å². The second-order valence-electron chi connectivity index (χ2n) is 4.21. The lowest BCUT2D eigenvalue weighted by Gasteiger charge is -2.29. The second-order valence-corrected chi connectivity index (χ2v) is 4.21. The number of benzene rings is 1. The van der Waals surface area contributed by atoms with Gasteiger partial charge in [-0.25, -0.2) is 0 Å². The molecule has 1 amide bonds. The number of ether oxygens (including phenoxy) is 2. The molecule has 1 aliphatic heterocycles. The summed E-state index contributed by atoms with van der Waals surface area (Å²) in [6, 6.07) is 10.00. The zero-order chi connectivity index (χ0) is 12.1. The van der Waals surface area contributed by atoms with Crippen LogP contribution >= 0.6 is 0 Å². The molecule has 4 heteroatoms. The maximum absolute atomic E-state index is 11.0. The van der Waals surface area contributed by atoms with Gasteiger partial charge in [0.2, 0.25) is 5.91 Å². The van der Waals surface area contributed by atoms with E-state index >= 15 is 0 Å². The van der Waals surface area contributed by atoms with Crippen molar-refractivity contribution in [3.05, 3.63) is 35.9 Å². The highest BCUT2D eigenvalue weighted by Crippen LogP contribution is 2.07. The van der Waals surface area contributed by atoms with Gasteiger partial charge in [0.15, 0.2) is 0 Å². The summed E-state index contributed by atoms with van der Waals surface area (Å²) in [5, 5.41) is 2.83. The van der Waals surface area contributed by atoms with E-state index in [4.69, 9.17) is 9.47 Å². The zero-order valence-electron chi connectivity index (χ0n) is 9.89. The van der Waals surface area contributed by atoms with Crippen LogP contribution in [0.5, 0.6) is 0 Å². The number of carbonyl (C=O) groups excluding carboxylic acids is 1. The van der Waals surface area contributed by atoms with Crippen molar-refractivity contribution in [1.82, 2.24) is 5.32 Å². The molecule has 1 aliphatic rings. The Morgan fingerprint density at radius 3 is 2.88 bits per heavy atom. The summed E-state index contributed by atoms with van der Waals surface area (Å²) >= 11 is 0. The fourth-order valence-corrected chi connectivity index (χ4v) is 1.78. The molecular weight excluding hydrogens is 218 g/mol. The lowest BCUT2D eigenvalue weighted by Crippen LogP contribution is -2.51. The number of morpholine rings is 1.